The van der Waals surface area contributed by atoms with Gasteiger partial charge in [0.05, 0.1) is 0 Å². The fourth-order valence-corrected chi connectivity index (χ4v) is 2.14. The molecule has 1 unspecified atom stereocenters. The van der Waals surface area contributed by atoms with Crippen LogP contribution in [0.15, 0.2) is 41.1 Å². The van der Waals surface area contributed by atoms with Crippen LogP contribution in [0, 0.1) is 11.6 Å². The topological polar surface area (TPSA) is 38.9 Å². The Labute approximate surface area is 112 Å². The molecule has 0 aliphatic heterocycles. The minimum absolute atomic E-state index is 0.176. The van der Waals surface area contributed by atoms with E-state index in [1.807, 2.05) is 6.07 Å². The van der Waals surface area contributed by atoms with Crippen LogP contribution in [0.2, 0.25) is 0 Å². The summed E-state index contributed by atoms with van der Waals surface area (Å²) < 4.78 is 27.4. The van der Waals surface area contributed by atoms with Crippen molar-refractivity contribution in [3.05, 3.63) is 63.9 Å². The molecule has 94 valence electrons. The number of pyridine rings is 1. The molecular formula is C13H11BrF2N2. The van der Waals surface area contributed by atoms with Crippen LogP contribution in [-0.2, 0) is 6.42 Å². The Balaban J connectivity index is 2.21. The molecule has 0 saturated carbocycles. The summed E-state index contributed by atoms with van der Waals surface area (Å²) >= 11 is 3.30. The van der Waals surface area contributed by atoms with Crippen molar-refractivity contribution in [3.8, 4) is 0 Å². The van der Waals surface area contributed by atoms with Gasteiger partial charge in [-0.05, 0) is 52.2 Å². The predicted octanol–water partition coefficient (Wildman–Crippen LogP) is 3.36. The molecule has 2 nitrogen and oxygen atoms in total. The Morgan fingerprint density at radius 2 is 2.00 bits per heavy atom. The number of rotatable bonds is 3. The molecule has 1 aromatic carbocycles. The van der Waals surface area contributed by atoms with Crippen LogP contribution in [0.25, 0.3) is 0 Å². The number of benzene rings is 1. The molecule has 0 saturated heterocycles. The zero-order chi connectivity index (χ0) is 13.1. The van der Waals surface area contributed by atoms with Gasteiger partial charge in [0.1, 0.15) is 11.6 Å². The summed E-state index contributed by atoms with van der Waals surface area (Å²) in [6.07, 6.45) is 3.70. The van der Waals surface area contributed by atoms with E-state index in [4.69, 9.17) is 5.73 Å². The second-order valence-electron chi connectivity index (χ2n) is 3.99. The first kappa shape index (κ1) is 13.1. The second-order valence-corrected chi connectivity index (χ2v) is 4.90. The summed E-state index contributed by atoms with van der Waals surface area (Å²) in [7, 11) is 0. The van der Waals surface area contributed by atoms with Crippen molar-refractivity contribution in [1.82, 2.24) is 4.98 Å². The van der Waals surface area contributed by atoms with Gasteiger partial charge in [0.25, 0.3) is 0 Å². The Morgan fingerprint density at radius 1 is 1.22 bits per heavy atom. The van der Waals surface area contributed by atoms with Crippen LogP contribution in [0.5, 0.6) is 0 Å². The maximum atomic E-state index is 13.5. The highest BCUT2D eigenvalue weighted by atomic mass is 79.9. The van der Waals surface area contributed by atoms with Gasteiger partial charge in [-0.2, -0.15) is 0 Å². The minimum atomic E-state index is -0.600. The van der Waals surface area contributed by atoms with Crippen LogP contribution < -0.4 is 5.73 Å². The van der Waals surface area contributed by atoms with Gasteiger partial charge in [0.15, 0.2) is 0 Å². The van der Waals surface area contributed by atoms with E-state index in [2.05, 4.69) is 20.9 Å². The number of nitrogens with zero attached hydrogens (tertiary/aromatic N) is 1. The maximum Gasteiger partial charge on any atom is 0.128 e. The van der Waals surface area contributed by atoms with Gasteiger partial charge >= 0.3 is 0 Å². The molecule has 0 fully saturated rings. The molecule has 0 radical (unpaired) electrons. The van der Waals surface area contributed by atoms with Gasteiger partial charge in [0.2, 0.25) is 0 Å². The fourth-order valence-electron chi connectivity index (χ4n) is 1.73. The summed E-state index contributed by atoms with van der Waals surface area (Å²) in [5, 5.41) is 0. The largest absolute Gasteiger partial charge is 0.324 e. The van der Waals surface area contributed by atoms with Crippen molar-refractivity contribution in [2.45, 2.75) is 12.5 Å². The number of halogens is 3. The Hall–Kier alpha value is -1.33. The Kier molecular flexibility index (Phi) is 4.04. The highest BCUT2D eigenvalue weighted by Gasteiger charge is 2.13. The van der Waals surface area contributed by atoms with E-state index in [9.17, 15) is 8.78 Å². The third-order valence-corrected chi connectivity index (χ3v) is 3.01. The monoisotopic (exact) mass is 312 g/mol. The molecule has 1 atom stereocenters. The molecule has 2 N–H and O–H groups in total. The Morgan fingerprint density at radius 3 is 2.72 bits per heavy atom. The van der Waals surface area contributed by atoms with Crippen molar-refractivity contribution in [2.75, 3.05) is 0 Å². The molecule has 0 bridgehead atoms. The molecule has 0 spiro atoms. The van der Waals surface area contributed by atoms with Gasteiger partial charge in [0, 0.05) is 28.5 Å². The summed E-state index contributed by atoms with van der Waals surface area (Å²) in [5.41, 5.74) is 6.93. The molecule has 0 aliphatic rings. The first-order valence-corrected chi connectivity index (χ1v) is 6.15. The predicted molar refractivity (Wildman–Crippen MR) is 68.9 cm³/mol. The fraction of sp³-hybridized carbons (Fsp3) is 0.154. The van der Waals surface area contributed by atoms with Gasteiger partial charge in [-0.1, -0.05) is 0 Å². The highest BCUT2D eigenvalue weighted by Crippen LogP contribution is 2.21. The van der Waals surface area contributed by atoms with Gasteiger partial charge in [-0.25, -0.2) is 8.78 Å². The van der Waals surface area contributed by atoms with Gasteiger partial charge in [-0.15, -0.1) is 0 Å². The lowest BCUT2D eigenvalue weighted by atomic mass is 10.0. The summed E-state index contributed by atoms with van der Waals surface area (Å²) in [4.78, 5) is 4.00. The van der Waals surface area contributed by atoms with Crippen molar-refractivity contribution in [2.24, 2.45) is 5.73 Å². The molecule has 1 aromatic heterocycles. The highest BCUT2D eigenvalue weighted by molar-refractivity contribution is 9.10. The maximum absolute atomic E-state index is 13.5. The Bertz CT molecular complexity index is 560. The van der Waals surface area contributed by atoms with Crippen LogP contribution in [-0.4, -0.2) is 4.98 Å². The second kappa shape index (κ2) is 5.54. The third kappa shape index (κ3) is 3.11. The van der Waals surface area contributed by atoms with Crippen molar-refractivity contribution in [3.63, 3.8) is 0 Å². The quantitative estimate of drug-likeness (QED) is 0.943. The summed E-state index contributed by atoms with van der Waals surface area (Å²) in [6.45, 7) is 0. The van der Waals surface area contributed by atoms with E-state index in [1.54, 1.807) is 12.4 Å². The van der Waals surface area contributed by atoms with Gasteiger partial charge < -0.3 is 5.73 Å². The average molecular weight is 313 g/mol. The van der Waals surface area contributed by atoms with E-state index in [-0.39, 0.29) is 5.56 Å². The number of hydrogen-bond acceptors (Lipinski definition) is 2. The van der Waals surface area contributed by atoms with E-state index in [0.717, 1.165) is 28.2 Å². The van der Waals surface area contributed by atoms with E-state index in [0.29, 0.717) is 6.42 Å². The van der Waals surface area contributed by atoms with Crippen molar-refractivity contribution in [1.29, 1.82) is 0 Å². The molecule has 5 heteroatoms. The zero-order valence-corrected chi connectivity index (χ0v) is 11.0. The van der Waals surface area contributed by atoms with E-state index in [1.165, 1.54) is 0 Å². The van der Waals surface area contributed by atoms with Gasteiger partial charge in [-0.3, -0.25) is 4.98 Å². The number of hydrogen-bond donors (Lipinski definition) is 1. The van der Waals surface area contributed by atoms with Crippen LogP contribution in [0.4, 0.5) is 8.78 Å². The lowest BCUT2D eigenvalue weighted by Crippen LogP contribution is -2.15. The summed E-state index contributed by atoms with van der Waals surface area (Å²) in [5.74, 6) is -0.985. The molecule has 0 amide bonds. The van der Waals surface area contributed by atoms with E-state index >= 15 is 0 Å². The smallest absolute Gasteiger partial charge is 0.128 e. The molecule has 18 heavy (non-hydrogen) atoms. The SMILES string of the molecule is NC(Cc1cncc(Br)c1)c1cc(F)ccc1F. The first-order valence-electron chi connectivity index (χ1n) is 5.36. The van der Waals surface area contributed by atoms with Crippen molar-refractivity contribution < 1.29 is 8.78 Å². The average Bonchev–Trinajstić information content (AvgIpc) is 2.32. The lowest BCUT2D eigenvalue weighted by Gasteiger charge is -2.13. The molecule has 2 aromatic rings. The number of nitrogens with two attached hydrogens (primary N) is 1. The molecule has 1 heterocycles. The lowest BCUT2D eigenvalue weighted by molar-refractivity contribution is 0.561. The van der Waals surface area contributed by atoms with Crippen LogP contribution in [0.3, 0.4) is 0 Å². The molecule has 2 rings (SSSR count). The normalized spacial score (nSPS) is 12.4. The van der Waals surface area contributed by atoms with Crippen molar-refractivity contribution >= 4 is 15.9 Å². The minimum Gasteiger partial charge on any atom is -0.324 e. The summed E-state index contributed by atoms with van der Waals surface area (Å²) in [6, 6.07) is 4.54. The molecular weight excluding hydrogens is 302 g/mol. The third-order valence-electron chi connectivity index (χ3n) is 2.57. The molecule has 0 aliphatic carbocycles. The van der Waals surface area contributed by atoms with Crippen LogP contribution in [0.1, 0.15) is 17.2 Å². The van der Waals surface area contributed by atoms with E-state index < -0.39 is 17.7 Å². The standard InChI is InChI=1S/C13H11BrF2N2/c14-9-3-8(6-18-7-9)4-13(17)11-5-10(15)1-2-12(11)16/h1-3,5-7,13H,4,17H2. The van der Waals surface area contributed by atoms with Crippen LogP contribution >= 0.6 is 15.9 Å². The number of aromatic nitrogens is 1. The zero-order valence-electron chi connectivity index (χ0n) is 9.41. The first-order chi connectivity index (χ1) is 8.56.